The number of rotatable bonds is 6. The van der Waals surface area contributed by atoms with E-state index in [0.29, 0.717) is 13.0 Å². The molecule has 1 heterocycles. The Bertz CT molecular complexity index is 1060. The normalized spacial score (nSPS) is 16.0. The Labute approximate surface area is 218 Å². The van der Waals surface area contributed by atoms with E-state index in [1.54, 1.807) is 19.0 Å². The van der Waals surface area contributed by atoms with Crippen molar-refractivity contribution in [3.05, 3.63) is 66.0 Å². The van der Waals surface area contributed by atoms with Gasteiger partial charge in [0.1, 0.15) is 11.9 Å². The number of para-hydroxylation sites is 1. The maximum absolute atomic E-state index is 12.3. The number of hydrogen-bond acceptors (Lipinski definition) is 6. The second-order valence-corrected chi connectivity index (χ2v) is 9.44. The molecule has 0 aromatic heterocycles. The van der Waals surface area contributed by atoms with Crippen LogP contribution in [-0.4, -0.2) is 66.9 Å². The Balaban J connectivity index is 0.000000379. The van der Waals surface area contributed by atoms with Crippen LogP contribution in [-0.2, 0) is 14.4 Å². The zero-order chi connectivity index (χ0) is 28.0. The molecule has 0 radical (unpaired) electrons. The molecule has 1 fully saturated rings. The Morgan fingerprint density at radius 1 is 1.11 bits per heavy atom. The largest absolute Gasteiger partial charge is 0.326 e. The van der Waals surface area contributed by atoms with Crippen LogP contribution in [0.1, 0.15) is 37.6 Å². The number of hydrogen-bond donors (Lipinski definition) is 1. The van der Waals surface area contributed by atoms with Gasteiger partial charge < -0.3 is 15.1 Å². The Morgan fingerprint density at radius 3 is 2.16 bits per heavy atom. The van der Waals surface area contributed by atoms with Gasteiger partial charge in [0.25, 0.3) is 0 Å². The summed E-state index contributed by atoms with van der Waals surface area (Å²) in [5, 5.41) is 12.1. The summed E-state index contributed by atoms with van der Waals surface area (Å²) in [7, 11) is 3.60. The molecular formula is C28H35FN4O4. The lowest BCUT2D eigenvalue weighted by Gasteiger charge is -2.21. The minimum absolute atomic E-state index is 0.119. The van der Waals surface area contributed by atoms with E-state index in [9.17, 15) is 28.8 Å². The van der Waals surface area contributed by atoms with Crippen LogP contribution in [0.4, 0.5) is 10.1 Å². The maximum Gasteiger partial charge on any atom is 0.237 e. The standard InChI is InChI=1S/C16H20N4O2.C8H5FO2.C4H10/c1-19(2)11-15(21)20-10-12(8-14(20)9-17)16(22)18-13-6-4-3-5-7-13;9-7-3-1-6(2-4-7)8(11)5-10;1-4(2)3/h3-7,12,14H,8,10-11H2,1-2H3,(H,18,22);1-5H;4H,1-3H3. The first-order valence-electron chi connectivity index (χ1n) is 11.9. The van der Waals surface area contributed by atoms with Crippen molar-refractivity contribution in [3.63, 3.8) is 0 Å². The number of nitrogens with zero attached hydrogens (tertiary/aromatic N) is 3. The topological polar surface area (TPSA) is 111 Å². The highest BCUT2D eigenvalue weighted by Gasteiger charge is 2.38. The van der Waals surface area contributed by atoms with Gasteiger partial charge in [0.15, 0.2) is 6.29 Å². The predicted molar refractivity (Wildman–Crippen MR) is 140 cm³/mol. The lowest BCUT2D eigenvalue weighted by molar-refractivity contribution is -0.132. The highest BCUT2D eigenvalue weighted by molar-refractivity contribution is 6.33. The second kappa shape index (κ2) is 16.0. The first-order chi connectivity index (χ1) is 17.5. The third kappa shape index (κ3) is 11.6. The van der Waals surface area contributed by atoms with Crippen LogP contribution in [0.25, 0.3) is 0 Å². The quantitative estimate of drug-likeness (QED) is 0.360. The minimum atomic E-state index is -0.634. The zero-order valence-electron chi connectivity index (χ0n) is 22.0. The van der Waals surface area contributed by atoms with Crippen molar-refractivity contribution in [2.75, 3.05) is 32.5 Å². The number of ketones is 1. The van der Waals surface area contributed by atoms with Gasteiger partial charge in [-0.15, -0.1) is 0 Å². The molecule has 1 aliphatic rings. The number of nitrogens with one attached hydrogen (secondary N) is 1. The van der Waals surface area contributed by atoms with Crippen molar-refractivity contribution >= 4 is 29.6 Å². The molecule has 2 atom stereocenters. The number of carbonyl (C=O) groups is 4. The zero-order valence-corrected chi connectivity index (χ0v) is 22.0. The number of benzene rings is 2. The lowest BCUT2D eigenvalue weighted by atomic mass is 10.1. The van der Waals surface area contributed by atoms with E-state index >= 15 is 0 Å². The molecule has 0 saturated carbocycles. The number of nitriles is 1. The van der Waals surface area contributed by atoms with Gasteiger partial charge in [-0.05, 0) is 62.8 Å². The van der Waals surface area contributed by atoms with Crippen molar-refractivity contribution < 1.29 is 23.6 Å². The number of likely N-dealkylation sites (tertiary alicyclic amines) is 1. The van der Waals surface area contributed by atoms with E-state index < -0.39 is 17.6 Å². The summed E-state index contributed by atoms with van der Waals surface area (Å²) in [6.45, 7) is 7.04. The number of anilines is 1. The van der Waals surface area contributed by atoms with Gasteiger partial charge in [0, 0.05) is 17.8 Å². The van der Waals surface area contributed by atoms with E-state index in [-0.39, 0.29) is 36.1 Å². The molecule has 3 rings (SSSR count). The first kappa shape index (κ1) is 31.1. The Kier molecular flexibility index (Phi) is 13.4. The molecule has 198 valence electrons. The van der Waals surface area contributed by atoms with Gasteiger partial charge in [-0.1, -0.05) is 39.0 Å². The molecular weight excluding hydrogens is 475 g/mol. The number of amides is 2. The summed E-state index contributed by atoms with van der Waals surface area (Å²) in [5.74, 6) is -0.841. The summed E-state index contributed by atoms with van der Waals surface area (Å²) in [6, 6.07) is 15.6. The van der Waals surface area contributed by atoms with Crippen LogP contribution >= 0.6 is 0 Å². The molecule has 2 unspecified atom stereocenters. The molecule has 2 aromatic carbocycles. The van der Waals surface area contributed by atoms with Crippen LogP contribution in [0.3, 0.4) is 0 Å². The third-order valence-electron chi connectivity index (χ3n) is 4.87. The fourth-order valence-electron chi connectivity index (χ4n) is 3.23. The van der Waals surface area contributed by atoms with E-state index in [2.05, 4.69) is 32.2 Å². The highest BCUT2D eigenvalue weighted by atomic mass is 19.1. The fourth-order valence-corrected chi connectivity index (χ4v) is 3.23. The number of Topliss-reactive ketones (excluding diaryl/α,β-unsaturated/α-hetero) is 1. The molecule has 0 bridgehead atoms. The van der Waals surface area contributed by atoms with Gasteiger partial charge in [0.2, 0.25) is 17.6 Å². The summed E-state index contributed by atoms with van der Waals surface area (Å²) < 4.78 is 12.3. The molecule has 0 aliphatic carbocycles. The third-order valence-corrected chi connectivity index (χ3v) is 4.87. The molecule has 37 heavy (non-hydrogen) atoms. The monoisotopic (exact) mass is 510 g/mol. The van der Waals surface area contributed by atoms with Crippen molar-refractivity contribution in [3.8, 4) is 6.07 Å². The number of carbonyl (C=O) groups excluding carboxylic acids is 4. The molecule has 1 N–H and O–H groups in total. The van der Waals surface area contributed by atoms with E-state index in [1.165, 1.54) is 17.0 Å². The van der Waals surface area contributed by atoms with Crippen molar-refractivity contribution in [2.24, 2.45) is 11.8 Å². The van der Waals surface area contributed by atoms with Gasteiger partial charge in [-0.3, -0.25) is 19.2 Å². The predicted octanol–water partition coefficient (Wildman–Crippen LogP) is 3.80. The number of aldehydes is 1. The highest BCUT2D eigenvalue weighted by Crippen LogP contribution is 2.24. The SMILES string of the molecule is CC(C)C.CN(C)CC(=O)N1CC(C(=O)Nc2ccccc2)CC1C#N.O=CC(=O)c1ccc(F)cc1. The Morgan fingerprint density at radius 2 is 1.68 bits per heavy atom. The van der Waals surface area contributed by atoms with Crippen molar-refractivity contribution in [1.29, 1.82) is 5.26 Å². The number of halogens is 1. The van der Waals surface area contributed by atoms with Crippen LogP contribution in [0, 0.1) is 29.0 Å². The van der Waals surface area contributed by atoms with E-state index in [1.807, 2.05) is 30.3 Å². The number of likely N-dealkylation sites (N-methyl/N-ethyl adjacent to an activating group) is 1. The smallest absolute Gasteiger partial charge is 0.237 e. The fraction of sp³-hybridized carbons (Fsp3) is 0.393. The molecule has 2 amide bonds. The summed E-state index contributed by atoms with van der Waals surface area (Å²) in [5.41, 5.74) is 0.931. The molecule has 1 aliphatic heterocycles. The molecule has 2 aromatic rings. The van der Waals surface area contributed by atoms with Crippen molar-refractivity contribution in [1.82, 2.24) is 9.80 Å². The molecule has 0 spiro atoms. The molecule has 1 saturated heterocycles. The van der Waals surface area contributed by atoms with Gasteiger partial charge >= 0.3 is 0 Å². The summed E-state index contributed by atoms with van der Waals surface area (Å²) >= 11 is 0. The summed E-state index contributed by atoms with van der Waals surface area (Å²) in [4.78, 5) is 48.3. The first-order valence-corrected chi connectivity index (χ1v) is 11.9. The van der Waals surface area contributed by atoms with Crippen LogP contribution in [0.15, 0.2) is 54.6 Å². The molecule has 9 heteroatoms. The van der Waals surface area contributed by atoms with Crippen molar-refractivity contribution in [2.45, 2.75) is 33.2 Å². The van der Waals surface area contributed by atoms with Crippen LogP contribution in [0.2, 0.25) is 0 Å². The molecule has 8 nitrogen and oxygen atoms in total. The average Bonchev–Trinajstić information content (AvgIpc) is 3.29. The maximum atomic E-state index is 12.3. The van der Waals surface area contributed by atoms with Crippen LogP contribution in [0.5, 0.6) is 0 Å². The van der Waals surface area contributed by atoms with Gasteiger partial charge in [-0.2, -0.15) is 5.26 Å². The Hall–Kier alpha value is -3.90. The average molecular weight is 511 g/mol. The summed E-state index contributed by atoms with van der Waals surface area (Å²) in [6.07, 6.45) is 0.585. The second-order valence-electron chi connectivity index (χ2n) is 9.44. The minimum Gasteiger partial charge on any atom is -0.326 e. The van der Waals surface area contributed by atoms with Gasteiger partial charge in [-0.25, -0.2) is 4.39 Å². The van der Waals surface area contributed by atoms with Crippen LogP contribution < -0.4 is 5.32 Å². The van der Waals surface area contributed by atoms with E-state index in [4.69, 9.17) is 0 Å². The lowest BCUT2D eigenvalue weighted by Crippen LogP contribution is -2.40. The van der Waals surface area contributed by atoms with Gasteiger partial charge in [0.05, 0.1) is 18.5 Å². The van der Waals surface area contributed by atoms with E-state index in [0.717, 1.165) is 23.7 Å².